The van der Waals surface area contributed by atoms with E-state index in [0.717, 1.165) is 13.1 Å². The molecule has 0 aliphatic carbocycles. The summed E-state index contributed by atoms with van der Waals surface area (Å²) in [5, 5.41) is 43.4. The molecule has 33 heavy (non-hydrogen) atoms. The monoisotopic (exact) mass is 532 g/mol. The van der Waals surface area contributed by atoms with Crippen LogP contribution in [0.25, 0.3) is 0 Å². The summed E-state index contributed by atoms with van der Waals surface area (Å²) in [7, 11) is 3.90. The van der Waals surface area contributed by atoms with Crippen molar-refractivity contribution in [1.82, 2.24) is 9.80 Å². The molecule has 0 aliphatic rings. The van der Waals surface area contributed by atoms with Crippen LogP contribution in [0.1, 0.15) is 38.8 Å². The molecule has 9 heteroatoms. The maximum absolute atomic E-state index is 11.9. The van der Waals surface area contributed by atoms with E-state index in [1.165, 1.54) is 0 Å². The van der Waals surface area contributed by atoms with Crippen LogP contribution < -0.4 is 20.4 Å². The largest absolute Gasteiger partial charge is 4.00 e. The first-order valence-electron chi connectivity index (χ1n) is 10.4. The van der Waals surface area contributed by atoms with Crippen molar-refractivity contribution in [3.05, 3.63) is 57.6 Å². The molecule has 0 N–H and O–H groups in total. The van der Waals surface area contributed by atoms with Crippen LogP contribution in [0.4, 0.5) is 0 Å². The number of nitrogens with zero attached hydrogens (tertiary/aromatic N) is 2. The molecule has 0 fully saturated rings. The fourth-order valence-corrected chi connectivity index (χ4v) is 2.83. The molecule has 0 spiro atoms. The molecule has 0 radical (unpaired) electrons. The Morgan fingerprint density at radius 1 is 0.697 bits per heavy atom. The minimum atomic E-state index is -0.417. The van der Waals surface area contributed by atoms with E-state index in [2.05, 4.69) is 9.80 Å². The second-order valence-corrected chi connectivity index (χ2v) is 8.84. The van der Waals surface area contributed by atoms with Crippen LogP contribution in [0.2, 0.25) is 10.0 Å². The SMILES string of the molecule is CC(C)[O-].CC(C)[O-].CN(CCN(C)Cc1cccc(Cl)c1[O-])Cc1cccc(Cl)c1[O-].[Ti+4]. The number of hydrogen-bond acceptors (Lipinski definition) is 6. The molecule has 2 aromatic carbocycles. The van der Waals surface area contributed by atoms with Crippen LogP contribution in [0.5, 0.6) is 11.5 Å². The summed E-state index contributed by atoms with van der Waals surface area (Å²) < 4.78 is 0. The third-order valence-corrected chi connectivity index (χ3v) is 4.44. The second-order valence-electron chi connectivity index (χ2n) is 8.03. The van der Waals surface area contributed by atoms with Crippen LogP contribution in [-0.2, 0) is 34.8 Å². The second kappa shape index (κ2) is 18.5. The van der Waals surface area contributed by atoms with Gasteiger partial charge in [-0.05, 0) is 37.4 Å². The van der Waals surface area contributed by atoms with Crippen molar-refractivity contribution < 1.29 is 42.1 Å². The van der Waals surface area contributed by atoms with Crippen molar-refractivity contribution in [2.75, 3.05) is 27.2 Å². The van der Waals surface area contributed by atoms with Gasteiger partial charge in [0.05, 0.1) is 0 Å². The van der Waals surface area contributed by atoms with E-state index in [1.54, 1.807) is 64.1 Å². The third kappa shape index (κ3) is 16.4. The third-order valence-electron chi connectivity index (χ3n) is 3.84. The smallest absolute Gasteiger partial charge is 0.871 e. The quantitative estimate of drug-likeness (QED) is 0.507. The first-order valence-corrected chi connectivity index (χ1v) is 11.2. The summed E-state index contributed by atoms with van der Waals surface area (Å²) in [6.45, 7) is 9.04. The van der Waals surface area contributed by atoms with Gasteiger partial charge in [0.25, 0.3) is 0 Å². The Bertz CT molecular complexity index is 724. The first kappa shape index (κ1) is 34.3. The molecule has 0 atom stereocenters. The van der Waals surface area contributed by atoms with Crippen LogP contribution in [0.3, 0.4) is 0 Å². The molecule has 0 saturated heterocycles. The van der Waals surface area contributed by atoms with Crippen molar-refractivity contribution in [3.63, 3.8) is 0 Å². The van der Waals surface area contributed by atoms with E-state index < -0.39 is 12.2 Å². The predicted molar refractivity (Wildman–Crippen MR) is 125 cm³/mol. The Morgan fingerprint density at radius 2 is 0.970 bits per heavy atom. The summed E-state index contributed by atoms with van der Waals surface area (Å²) in [6, 6.07) is 10.4. The van der Waals surface area contributed by atoms with Gasteiger partial charge in [-0.25, -0.2) is 0 Å². The van der Waals surface area contributed by atoms with Gasteiger partial charge in [0, 0.05) is 36.2 Å². The minimum Gasteiger partial charge on any atom is -0.871 e. The number of para-hydroxylation sites is 2. The van der Waals surface area contributed by atoms with Crippen molar-refractivity contribution in [2.24, 2.45) is 0 Å². The van der Waals surface area contributed by atoms with Gasteiger partial charge in [-0.1, -0.05) is 86.7 Å². The molecular formula is C24H34Cl2N2O4Ti. The van der Waals surface area contributed by atoms with Crippen LogP contribution >= 0.6 is 23.2 Å². The van der Waals surface area contributed by atoms with Gasteiger partial charge in [0.1, 0.15) is 0 Å². The van der Waals surface area contributed by atoms with Gasteiger partial charge in [-0.15, -0.1) is 12.2 Å². The van der Waals surface area contributed by atoms with Gasteiger partial charge in [0.15, 0.2) is 0 Å². The zero-order valence-electron chi connectivity index (χ0n) is 20.2. The normalized spacial score (nSPS) is 10.5. The topological polar surface area (TPSA) is 98.7 Å². The molecule has 0 unspecified atom stereocenters. The fourth-order valence-electron chi connectivity index (χ4n) is 2.44. The average molecular weight is 533 g/mol. The zero-order valence-corrected chi connectivity index (χ0v) is 23.3. The van der Waals surface area contributed by atoms with E-state index in [-0.39, 0.29) is 43.3 Å². The summed E-state index contributed by atoms with van der Waals surface area (Å²) in [5.41, 5.74) is 1.37. The van der Waals surface area contributed by atoms with Crippen molar-refractivity contribution >= 4 is 23.2 Å². The number of hydrogen-bond donors (Lipinski definition) is 0. The van der Waals surface area contributed by atoms with Gasteiger partial charge in [-0.2, -0.15) is 0 Å². The Hall–Kier alpha value is -0.826. The summed E-state index contributed by atoms with van der Waals surface area (Å²) in [4.78, 5) is 4.11. The van der Waals surface area contributed by atoms with Crippen molar-refractivity contribution in [3.8, 4) is 11.5 Å². The van der Waals surface area contributed by atoms with Crippen molar-refractivity contribution in [2.45, 2.75) is 53.0 Å². The van der Waals surface area contributed by atoms with Gasteiger partial charge < -0.3 is 30.2 Å². The van der Waals surface area contributed by atoms with E-state index >= 15 is 0 Å². The van der Waals surface area contributed by atoms with Gasteiger partial charge in [-0.3, -0.25) is 0 Å². The standard InChI is InChI=1S/C18H22Cl2N2O2.2C3H7O.Ti/c1-21(11-13-5-3-7-15(19)17(13)23)9-10-22(2)12-14-6-4-8-16(20)18(14)24;2*1-3(2)4;/h3-8,23-24H,9-12H2,1-2H3;2*3H,1-2H3;/q;2*-1;+4/p-2. The predicted octanol–water partition coefficient (Wildman–Crippen LogP) is 2.21. The molecule has 0 amide bonds. The zero-order chi connectivity index (χ0) is 24.8. The van der Waals surface area contributed by atoms with Gasteiger partial charge in [0.2, 0.25) is 0 Å². The molecule has 2 aromatic rings. The molecule has 0 aliphatic heterocycles. The number of benzene rings is 2. The van der Waals surface area contributed by atoms with E-state index in [9.17, 15) is 20.4 Å². The minimum absolute atomic E-state index is 0. The molecule has 0 bridgehead atoms. The Labute approximate surface area is 223 Å². The van der Waals surface area contributed by atoms with E-state index in [1.807, 2.05) is 14.1 Å². The number of halogens is 2. The molecule has 0 saturated carbocycles. The molecular weight excluding hydrogens is 499 g/mol. The Balaban J connectivity index is 0. The van der Waals surface area contributed by atoms with Crippen LogP contribution in [0, 0.1) is 0 Å². The molecule has 2 rings (SSSR count). The van der Waals surface area contributed by atoms with E-state index in [0.29, 0.717) is 24.2 Å². The first-order chi connectivity index (χ1) is 14.8. The van der Waals surface area contributed by atoms with Crippen molar-refractivity contribution in [1.29, 1.82) is 0 Å². The number of rotatable bonds is 7. The number of likely N-dealkylation sites (N-methyl/N-ethyl adjacent to an activating group) is 2. The molecule has 0 aromatic heterocycles. The van der Waals surface area contributed by atoms with Crippen LogP contribution in [-0.4, -0.2) is 49.2 Å². The van der Waals surface area contributed by atoms with E-state index in [4.69, 9.17) is 23.2 Å². The molecule has 6 nitrogen and oxygen atoms in total. The molecule has 0 heterocycles. The average Bonchev–Trinajstić information content (AvgIpc) is 2.67. The van der Waals surface area contributed by atoms with Gasteiger partial charge >= 0.3 is 21.7 Å². The maximum atomic E-state index is 11.9. The summed E-state index contributed by atoms with van der Waals surface area (Å²) >= 11 is 11.7. The fraction of sp³-hybridized carbons (Fsp3) is 0.500. The summed E-state index contributed by atoms with van der Waals surface area (Å²) in [5.74, 6) is -0.233. The molecule has 182 valence electrons. The summed E-state index contributed by atoms with van der Waals surface area (Å²) in [6.07, 6.45) is -0.833. The maximum Gasteiger partial charge on any atom is 4.00 e. The van der Waals surface area contributed by atoms with Crippen LogP contribution in [0.15, 0.2) is 36.4 Å². The Morgan fingerprint density at radius 3 is 1.24 bits per heavy atom. The Kier molecular flexibility index (Phi) is 19.2.